The third-order valence-electron chi connectivity index (χ3n) is 2.36. The molecule has 9 heteroatoms. The van der Waals surface area contributed by atoms with Crippen LogP contribution in [0.4, 0.5) is 0 Å². The molecule has 0 N–H and O–H groups in total. The van der Waals surface area contributed by atoms with E-state index in [0.29, 0.717) is 19.5 Å². The fourth-order valence-electron chi connectivity index (χ4n) is 1.27. The first-order valence-corrected chi connectivity index (χ1v) is 7.24. The van der Waals surface area contributed by atoms with Gasteiger partial charge in [-0.2, -0.15) is 0 Å². The minimum Gasteiger partial charge on any atom is -0.545 e. The first-order valence-electron chi connectivity index (χ1n) is 5.61. The van der Waals surface area contributed by atoms with Crippen molar-refractivity contribution in [1.29, 1.82) is 0 Å². The van der Waals surface area contributed by atoms with Crippen molar-refractivity contribution in [3.05, 3.63) is 47.6 Å². The van der Waals surface area contributed by atoms with E-state index < -0.39 is 11.9 Å². The zero-order chi connectivity index (χ0) is 16.9. The Morgan fingerprint density at radius 3 is 1.17 bits per heavy atom. The van der Waals surface area contributed by atoms with E-state index in [9.17, 15) is 19.8 Å². The summed E-state index contributed by atoms with van der Waals surface area (Å²) in [5.74, 6) is -2.46. The van der Waals surface area contributed by atoms with Crippen LogP contribution in [0.15, 0.2) is 47.6 Å². The van der Waals surface area contributed by atoms with Crippen LogP contribution < -0.4 is 10.2 Å². The van der Waals surface area contributed by atoms with Crippen molar-refractivity contribution >= 4 is 80.3 Å². The van der Waals surface area contributed by atoms with Crippen molar-refractivity contribution in [3.8, 4) is 0 Å². The normalized spacial score (nSPS) is 15.8. The fraction of sp³-hybridized carbons (Fsp3) is 0. The zero-order valence-electron chi connectivity index (χ0n) is 11.4. The number of carboxylic acids is 2. The number of carbonyl (C=O) groups is 2. The molecular formula is C14H6O4S4Zn. The first-order chi connectivity index (χ1) is 10.2. The minimum atomic E-state index is -1.23. The molecule has 0 unspecified atom stereocenters. The summed E-state index contributed by atoms with van der Waals surface area (Å²) in [6.07, 6.45) is 8.40. The van der Waals surface area contributed by atoms with Crippen LogP contribution in [-0.4, -0.2) is 31.4 Å². The second-order valence-electron chi connectivity index (χ2n) is 3.90. The Hall–Kier alpha value is -1.12. The minimum absolute atomic E-state index is 0. The molecule has 0 aliphatic heterocycles. The Morgan fingerprint density at radius 1 is 0.652 bits per heavy atom. The molecule has 0 saturated heterocycles. The van der Waals surface area contributed by atoms with Gasteiger partial charge >= 0.3 is 19.5 Å². The van der Waals surface area contributed by atoms with Gasteiger partial charge < -0.3 is 19.8 Å². The number of allylic oxidation sites excluding steroid dienone is 4. The molecule has 0 atom stereocenters. The van der Waals surface area contributed by atoms with Crippen LogP contribution in [0.5, 0.6) is 0 Å². The van der Waals surface area contributed by atoms with E-state index in [1.54, 1.807) is 0 Å². The van der Waals surface area contributed by atoms with Crippen molar-refractivity contribution in [3.63, 3.8) is 0 Å². The number of hydrogen-bond acceptors (Lipinski definition) is 8. The summed E-state index contributed by atoms with van der Waals surface area (Å²) in [6.45, 7) is 0. The predicted molar refractivity (Wildman–Crippen MR) is 94.9 cm³/mol. The molecule has 2 aliphatic carbocycles. The second-order valence-corrected chi connectivity index (χ2v) is 5.66. The molecule has 23 heavy (non-hydrogen) atoms. The van der Waals surface area contributed by atoms with Crippen LogP contribution in [-0.2, 0) is 29.1 Å². The maximum absolute atomic E-state index is 10.3. The van der Waals surface area contributed by atoms with E-state index in [-0.39, 0.29) is 30.6 Å². The molecule has 112 valence electrons. The van der Waals surface area contributed by atoms with Crippen molar-refractivity contribution in [2.24, 2.45) is 0 Å². The fourth-order valence-corrected chi connectivity index (χ4v) is 1.91. The average molecular weight is 432 g/mol. The van der Waals surface area contributed by atoms with Gasteiger partial charge in [-0.3, -0.25) is 0 Å². The van der Waals surface area contributed by atoms with Crippen LogP contribution in [0.3, 0.4) is 0 Å². The van der Waals surface area contributed by atoms with Crippen LogP contribution >= 0.6 is 48.9 Å². The van der Waals surface area contributed by atoms with Crippen molar-refractivity contribution in [1.82, 2.24) is 0 Å². The molecule has 0 saturated carbocycles. The molecule has 0 fully saturated rings. The Balaban J connectivity index is 0.000000403. The SMILES string of the molecule is O=C([O-])C1=CC(=S)C(=S)C=C1.O=C([O-])C1=CC(=S)C(=S)C=C1.[Zn+2]. The van der Waals surface area contributed by atoms with Gasteiger partial charge in [-0.05, 0) is 35.5 Å². The molecule has 0 aromatic rings. The molecule has 0 amide bonds. The van der Waals surface area contributed by atoms with Gasteiger partial charge in [-0.15, -0.1) is 0 Å². The molecule has 0 bridgehead atoms. The maximum Gasteiger partial charge on any atom is 2.00 e. The Labute approximate surface area is 166 Å². The van der Waals surface area contributed by atoms with Gasteiger partial charge in [0.15, 0.2) is 0 Å². The first kappa shape index (κ1) is 21.9. The van der Waals surface area contributed by atoms with Crippen LogP contribution in [0.2, 0.25) is 0 Å². The number of hydrogen-bond donors (Lipinski definition) is 0. The summed E-state index contributed by atoms with van der Waals surface area (Å²) in [5.41, 5.74) is 0.146. The molecule has 0 aromatic heterocycles. The quantitative estimate of drug-likeness (QED) is 0.444. The second kappa shape index (κ2) is 9.90. The van der Waals surface area contributed by atoms with Crippen LogP contribution in [0, 0.1) is 0 Å². The molecule has 0 spiro atoms. The molecular weight excluding hydrogens is 426 g/mol. The van der Waals surface area contributed by atoms with E-state index in [4.69, 9.17) is 48.9 Å². The van der Waals surface area contributed by atoms with Gasteiger partial charge in [-0.1, -0.05) is 61.0 Å². The summed E-state index contributed by atoms with van der Waals surface area (Å²) in [4.78, 5) is 22.3. The Bertz CT molecular complexity index is 667. The predicted octanol–water partition coefficient (Wildman–Crippen LogP) is -0.0579. The summed E-state index contributed by atoms with van der Waals surface area (Å²) >= 11 is 19.1. The monoisotopic (exact) mass is 430 g/mol. The summed E-state index contributed by atoms with van der Waals surface area (Å²) < 4.78 is 0. The van der Waals surface area contributed by atoms with Crippen molar-refractivity contribution in [2.75, 3.05) is 0 Å². The third kappa shape index (κ3) is 6.89. The molecule has 2 aliphatic rings. The van der Waals surface area contributed by atoms with E-state index >= 15 is 0 Å². The molecule has 0 heterocycles. The van der Waals surface area contributed by atoms with Gasteiger partial charge in [0.25, 0.3) is 0 Å². The number of rotatable bonds is 2. The van der Waals surface area contributed by atoms with Gasteiger partial charge in [0.1, 0.15) is 0 Å². The molecule has 0 radical (unpaired) electrons. The average Bonchev–Trinajstić information content (AvgIpc) is 2.45. The van der Waals surface area contributed by atoms with E-state index in [2.05, 4.69) is 0 Å². The molecule has 4 nitrogen and oxygen atoms in total. The molecule has 2 rings (SSSR count). The maximum atomic E-state index is 10.3. The Kier molecular flexibility index (Phi) is 9.42. The Morgan fingerprint density at radius 2 is 0.957 bits per heavy atom. The van der Waals surface area contributed by atoms with Gasteiger partial charge in [0.05, 0.1) is 31.4 Å². The van der Waals surface area contributed by atoms with Gasteiger partial charge in [-0.25, -0.2) is 0 Å². The summed E-state index contributed by atoms with van der Waals surface area (Å²) in [5, 5.41) is 20.5. The number of aliphatic carboxylic acids is 2. The summed E-state index contributed by atoms with van der Waals surface area (Å²) in [7, 11) is 0. The zero-order valence-corrected chi connectivity index (χ0v) is 17.7. The topological polar surface area (TPSA) is 80.3 Å². The molecule has 0 aromatic carbocycles. The number of carboxylic acid groups (broad SMARTS) is 2. The third-order valence-corrected chi connectivity index (χ3v) is 4.00. The van der Waals surface area contributed by atoms with Crippen LogP contribution in [0.1, 0.15) is 0 Å². The number of thiocarbonyl (C=S) groups is 4. The van der Waals surface area contributed by atoms with E-state index in [0.717, 1.165) is 0 Å². The van der Waals surface area contributed by atoms with E-state index in [1.165, 1.54) is 36.5 Å². The van der Waals surface area contributed by atoms with E-state index in [1.807, 2.05) is 0 Å². The van der Waals surface area contributed by atoms with Crippen LogP contribution in [0.25, 0.3) is 0 Å². The summed E-state index contributed by atoms with van der Waals surface area (Å²) in [6, 6.07) is 0. The largest absolute Gasteiger partial charge is 2.00 e. The van der Waals surface area contributed by atoms with Crippen molar-refractivity contribution in [2.45, 2.75) is 0 Å². The number of carbonyl (C=O) groups excluding carboxylic acids is 2. The smallest absolute Gasteiger partial charge is 0.545 e. The van der Waals surface area contributed by atoms with Crippen molar-refractivity contribution < 1.29 is 39.3 Å². The van der Waals surface area contributed by atoms with Gasteiger partial charge in [0.2, 0.25) is 0 Å². The van der Waals surface area contributed by atoms with Gasteiger partial charge in [0, 0.05) is 0 Å². The standard InChI is InChI=1S/2C7H4O2S2.Zn/c2*8-7(9)4-1-2-5(10)6(11)3-4;/h2*1-3H,(H,8,9);/q;;+2/p-2.